The summed E-state index contributed by atoms with van der Waals surface area (Å²) in [6.07, 6.45) is 9.39. The molecule has 4 heteroatoms. The van der Waals surface area contributed by atoms with Gasteiger partial charge in [-0.05, 0) is 69.4 Å². The van der Waals surface area contributed by atoms with Crippen LogP contribution in [0.5, 0.6) is 0 Å². The van der Waals surface area contributed by atoms with E-state index < -0.39 is 0 Å². The minimum absolute atomic E-state index is 0.355. The number of hydrogen-bond acceptors (Lipinski definition) is 4. The Kier molecular flexibility index (Phi) is 4.72. The zero-order chi connectivity index (χ0) is 14.8. The number of rotatable bonds is 5. The first-order valence-corrected chi connectivity index (χ1v) is 9.34. The fourth-order valence-corrected chi connectivity index (χ4v) is 4.42. The molecule has 0 radical (unpaired) electrons. The highest BCUT2D eigenvalue weighted by molar-refractivity contribution is 4.94. The van der Waals surface area contributed by atoms with Crippen LogP contribution in [0.4, 0.5) is 0 Å². The lowest BCUT2D eigenvalue weighted by Crippen LogP contribution is -2.47. The molecule has 1 saturated carbocycles. The average molecular weight is 309 g/mol. The van der Waals surface area contributed by atoms with Crippen LogP contribution in [0.3, 0.4) is 0 Å². The summed E-state index contributed by atoms with van der Waals surface area (Å²) in [6, 6.07) is 0.770. The van der Waals surface area contributed by atoms with Gasteiger partial charge in [-0.2, -0.15) is 0 Å². The summed E-state index contributed by atoms with van der Waals surface area (Å²) in [6.45, 7) is 7.16. The molecule has 1 atom stereocenters. The molecular formula is C18H31NO3. The molecule has 3 aliphatic heterocycles. The van der Waals surface area contributed by atoms with Crippen molar-refractivity contribution in [2.45, 2.75) is 57.1 Å². The minimum Gasteiger partial charge on any atom is -0.381 e. The second-order valence-corrected chi connectivity index (χ2v) is 8.00. The maximum Gasteiger partial charge on any atom is 0.0814 e. The van der Waals surface area contributed by atoms with Crippen LogP contribution in [0.25, 0.3) is 0 Å². The fourth-order valence-electron chi connectivity index (χ4n) is 4.42. The van der Waals surface area contributed by atoms with Gasteiger partial charge >= 0.3 is 0 Å². The topological polar surface area (TPSA) is 30.9 Å². The zero-order valence-electron chi connectivity index (χ0n) is 13.8. The Morgan fingerprint density at radius 1 is 1.00 bits per heavy atom. The van der Waals surface area contributed by atoms with Gasteiger partial charge in [-0.3, -0.25) is 0 Å². The summed E-state index contributed by atoms with van der Waals surface area (Å²) in [4.78, 5) is 2.71. The molecule has 4 fully saturated rings. The Morgan fingerprint density at radius 3 is 2.50 bits per heavy atom. The smallest absolute Gasteiger partial charge is 0.0814 e. The van der Waals surface area contributed by atoms with E-state index in [1.165, 1.54) is 58.0 Å². The number of nitrogens with zero attached hydrogens (tertiary/aromatic N) is 1. The van der Waals surface area contributed by atoms with Crippen molar-refractivity contribution in [1.29, 1.82) is 0 Å². The van der Waals surface area contributed by atoms with Gasteiger partial charge in [-0.25, -0.2) is 0 Å². The Bertz CT molecular complexity index is 357. The lowest BCUT2D eigenvalue weighted by atomic mass is 9.76. The second-order valence-electron chi connectivity index (χ2n) is 8.00. The summed E-state index contributed by atoms with van der Waals surface area (Å²) >= 11 is 0. The number of hydrogen-bond donors (Lipinski definition) is 0. The summed E-state index contributed by atoms with van der Waals surface area (Å²) in [5.41, 5.74) is 0.454. The highest BCUT2D eigenvalue weighted by Crippen LogP contribution is 2.43. The van der Waals surface area contributed by atoms with E-state index in [0.717, 1.165) is 45.0 Å². The van der Waals surface area contributed by atoms with E-state index in [1.54, 1.807) is 0 Å². The molecule has 0 N–H and O–H groups in total. The third-order valence-electron chi connectivity index (χ3n) is 6.21. The van der Waals surface area contributed by atoms with Crippen LogP contribution in [-0.4, -0.2) is 63.2 Å². The van der Waals surface area contributed by atoms with E-state index in [2.05, 4.69) is 4.90 Å². The Balaban J connectivity index is 1.20. The third kappa shape index (κ3) is 3.66. The van der Waals surface area contributed by atoms with Crippen LogP contribution in [0, 0.1) is 11.3 Å². The van der Waals surface area contributed by atoms with E-state index in [4.69, 9.17) is 14.2 Å². The predicted octanol–water partition coefficient (Wildman–Crippen LogP) is 2.46. The molecule has 4 rings (SSSR count). The summed E-state index contributed by atoms with van der Waals surface area (Å²) in [5, 5.41) is 0. The normalized spacial score (nSPS) is 33.5. The first kappa shape index (κ1) is 15.4. The summed E-state index contributed by atoms with van der Waals surface area (Å²) in [5.74, 6) is 0.859. The molecule has 126 valence electrons. The fraction of sp³-hybridized carbons (Fsp3) is 1.00. The molecular weight excluding hydrogens is 278 g/mol. The van der Waals surface area contributed by atoms with E-state index in [0.29, 0.717) is 11.5 Å². The molecule has 0 aromatic rings. The van der Waals surface area contributed by atoms with Crippen molar-refractivity contribution in [3.05, 3.63) is 0 Å². The van der Waals surface area contributed by atoms with Crippen molar-refractivity contribution in [1.82, 2.24) is 4.90 Å². The van der Waals surface area contributed by atoms with Crippen LogP contribution >= 0.6 is 0 Å². The Labute approximate surface area is 134 Å². The van der Waals surface area contributed by atoms with Crippen molar-refractivity contribution in [2.75, 3.05) is 46.1 Å². The van der Waals surface area contributed by atoms with Gasteiger partial charge < -0.3 is 19.1 Å². The molecule has 3 heterocycles. The molecule has 4 nitrogen and oxygen atoms in total. The van der Waals surface area contributed by atoms with Gasteiger partial charge in [0.25, 0.3) is 0 Å². The molecule has 4 aliphatic rings. The van der Waals surface area contributed by atoms with Gasteiger partial charge in [0.1, 0.15) is 0 Å². The van der Waals surface area contributed by atoms with E-state index in [1.807, 2.05) is 0 Å². The number of piperidine rings is 1. The largest absolute Gasteiger partial charge is 0.381 e. The quantitative estimate of drug-likeness (QED) is 0.780. The standard InChI is InChI=1S/C18H31NO3/c1-2-15(1)12-21-13-17-11-18(14-22-17)5-7-19(8-6-18)16-3-9-20-10-4-16/h15-17H,1-14H2/t17-/m1/s1. The van der Waals surface area contributed by atoms with Gasteiger partial charge in [0, 0.05) is 25.9 Å². The molecule has 3 saturated heterocycles. The van der Waals surface area contributed by atoms with Gasteiger partial charge in [-0.1, -0.05) is 0 Å². The molecule has 1 aliphatic carbocycles. The highest BCUT2D eigenvalue weighted by Gasteiger charge is 2.43. The Morgan fingerprint density at radius 2 is 1.77 bits per heavy atom. The molecule has 0 aromatic heterocycles. The van der Waals surface area contributed by atoms with Crippen LogP contribution in [-0.2, 0) is 14.2 Å². The zero-order valence-corrected chi connectivity index (χ0v) is 13.8. The molecule has 0 aromatic carbocycles. The molecule has 0 amide bonds. The van der Waals surface area contributed by atoms with Gasteiger partial charge in [-0.15, -0.1) is 0 Å². The minimum atomic E-state index is 0.355. The summed E-state index contributed by atoms with van der Waals surface area (Å²) < 4.78 is 17.4. The summed E-state index contributed by atoms with van der Waals surface area (Å²) in [7, 11) is 0. The van der Waals surface area contributed by atoms with Crippen LogP contribution in [0.15, 0.2) is 0 Å². The van der Waals surface area contributed by atoms with Gasteiger partial charge in [0.15, 0.2) is 0 Å². The molecule has 0 unspecified atom stereocenters. The van der Waals surface area contributed by atoms with E-state index >= 15 is 0 Å². The van der Waals surface area contributed by atoms with Crippen molar-refractivity contribution in [3.8, 4) is 0 Å². The van der Waals surface area contributed by atoms with Gasteiger partial charge in [0.2, 0.25) is 0 Å². The van der Waals surface area contributed by atoms with E-state index in [-0.39, 0.29) is 0 Å². The predicted molar refractivity (Wildman–Crippen MR) is 85.0 cm³/mol. The number of ether oxygens (including phenoxy) is 3. The lowest BCUT2D eigenvalue weighted by molar-refractivity contribution is -0.00278. The highest BCUT2D eigenvalue weighted by atomic mass is 16.5. The number of likely N-dealkylation sites (tertiary alicyclic amines) is 1. The molecule has 0 bridgehead atoms. The maximum atomic E-state index is 6.07. The first-order chi connectivity index (χ1) is 10.8. The molecule has 1 spiro atoms. The average Bonchev–Trinajstić information content (AvgIpc) is 3.31. The van der Waals surface area contributed by atoms with Crippen molar-refractivity contribution in [3.63, 3.8) is 0 Å². The van der Waals surface area contributed by atoms with Crippen LogP contribution in [0.1, 0.15) is 44.9 Å². The van der Waals surface area contributed by atoms with Crippen LogP contribution in [0.2, 0.25) is 0 Å². The SMILES string of the molecule is C1CC(N2CCC3(CC2)CO[C@@H](COCC2CC2)C3)CCO1. The third-order valence-corrected chi connectivity index (χ3v) is 6.21. The first-order valence-electron chi connectivity index (χ1n) is 9.34. The van der Waals surface area contributed by atoms with Crippen molar-refractivity contribution >= 4 is 0 Å². The molecule has 22 heavy (non-hydrogen) atoms. The Hall–Kier alpha value is -0.160. The van der Waals surface area contributed by atoms with E-state index in [9.17, 15) is 0 Å². The maximum absolute atomic E-state index is 6.07. The van der Waals surface area contributed by atoms with Crippen molar-refractivity contribution < 1.29 is 14.2 Å². The lowest BCUT2D eigenvalue weighted by Gasteiger charge is -2.43. The van der Waals surface area contributed by atoms with Crippen molar-refractivity contribution in [2.24, 2.45) is 11.3 Å². The monoisotopic (exact) mass is 309 g/mol. The van der Waals surface area contributed by atoms with Crippen LogP contribution < -0.4 is 0 Å². The van der Waals surface area contributed by atoms with Gasteiger partial charge in [0.05, 0.1) is 19.3 Å². The second kappa shape index (κ2) is 6.76.